The maximum atomic E-state index is 11.2. The minimum absolute atomic E-state index is 0.330. The van der Waals surface area contributed by atoms with Crippen LogP contribution in [-0.4, -0.2) is 32.1 Å². The lowest BCUT2D eigenvalue weighted by Gasteiger charge is -2.09. The van der Waals surface area contributed by atoms with E-state index in [2.05, 4.69) is 19.0 Å². The van der Waals surface area contributed by atoms with E-state index in [1.165, 1.54) is 44.7 Å². The predicted molar refractivity (Wildman–Crippen MR) is 94.2 cm³/mol. The zero-order chi connectivity index (χ0) is 16.5. The Kier molecular flexibility index (Phi) is 7.14. The molecule has 0 unspecified atom stereocenters. The van der Waals surface area contributed by atoms with Crippen LogP contribution in [0.4, 0.5) is 0 Å². The lowest BCUT2D eigenvalue weighted by Crippen LogP contribution is -2.12. The standard InChI is InChI=1S/C19H27NO3/c1-20(2)13-7-5-3-4-6-8-14-22-17-11-9-16-10-12-19(21)23-18(16)15-17/h9-12,15H,3-8,13-14H2,1-2H3. The molecular formula is C19H27NO3. The van der Waals surface area contributed by atoms with Crippen molar-refractivity contribution in [3.8, 4) is 5.75 Å². The molecule has 23 heavy (non-hydrogen) atoms. The van der Waals surface area contributed by atoms with Crippen LogP contribution in [0.25, 0.3) is 11.0 Å². The van der Waals surface area contributed by atoms with E-state index in [4.69, 9.17) is 9.15 Å². The number of rotatable bonds is 10. The van der Waals surface area contributed by atoms with Gasteiger partial charge in [0.15, 0.2) is 0 Å². The van der Waals surface area contributed by atoms with Gasteiger partial charge in [0, 0.05) is 17.5 Å². The second-order valence-electron chi connectivity index (χ2n) is 6.23. The van der Waals surface area contributed by atoms with Gasteiger partial charge in [0.1, 0.15) is 11.3 Å². The van der Waals surface area contributed by atoms with Crippen LogP contribution in [0, 0.1) is 0 Å². The fourth-order valence-electron chi connectivity index (χ4n) is 2.56. The summed E-state index contributed by atoms with van der Waals surface area (Å²) in [5.74, 6) is 0.762. The molecule has 0 saturated carbocycles. The topological polar surface area (TPSA) is 42.7 Å². The molecule has 2 rings (SSSR count). The normalized spacial score (nSPS) is 11.3. The van der Waals surface area contributed by atoms with Gasteiger partial charge in [-0.15, -0.1) is 0 Å². The summed E-state index contributed by atoms with van der Waals surface area (Å²) in [6.45, 7) is 1.89. The number of hydrogen-bond acceptors (Lipinski definition) is 4. The highest BCUT2D eigenvalue weighted by Crippen LogP contribution is 2.19. The lowest BCUT2D eigenvalue weighted by molar-refractivity contribution is 0.304. The highest BCUT2D eigenvalue weighted by molar-refractivity contribution is 5.77. The molecule has 4 nitrogen and oxygen atoms in total. The minimum Gasteiger partial charge on any atom is -0.493 e. The van der Waals surface area contributed by atoms with Crippen molar-refractivity contribution in [2.75, 3.05) is 27.2 Å². The molecule has 126 valence electrons. The smallest absolute Gasteiger partial charge is 0.336 e. The molecule has 0 radical (unpaired) electrons. The number of benzene rings is 1. The van der Waals surface area contributed by atoms with Crippen LogP contribution in [0.15, 0.2) is 39.5 Å². The molecule has 0 spiro atoms. The summed E-state index contributed by atoms with van der Waals surface area (Å²) < 4.78 is 10.9. The van der Waals surface area contributed by atoms with Gasteiger partial charge in [0.25, 0.3) is 0 Å². The van der Waals surface area contributed by atoms with E-state index in [1.54, 1.807) is 12.1 Å². The third-order valence-corrected chi connectivity index (χ3v) is 3.86. The molecule has 1 aromatic carbocycles. The molecule has 0 aliphatic heterocycles. The molecule has 0 bridgehead atoms. The van der Waals surface area contributed by atoms with E-state index in [9.17, 15) is 4.79 Å². The first kappa shape index (κ1) is 17.5. The fraction of sp³-hybridized carbons (Fsp3) is 0.526. The highest BCUT2D eigenvalue weighted by Gasteiger charge is 2.00. The molecule has 1 aromatic heterocycles. The van der Waals surface area contributed by atoms with Crippen molar-refractivity contribution in [1.82, 2.24) is 4.90 Å². The summed E-state index contributed by atoms with van der Waals surface area (Å²) in [4.78, 5) is 13.5. The largest absolute Gasteiger partial charge is 0.493 e. The Morgan fingerprint density at radius 3 is 2.43 bits per heavy atom. The Hall–Kier alpha value is -1.81. The van der Waals surface area contributed by atoms with Crippen molar-refractivity contribution >= 4 is 11.0 Å². The van der Waals surface area contributed by atoms with Crippen molar-refractivity contribution in [3.05, 3.63) is 40.8 Å². The first-order chi connectivity index (χ1) is 11.1. The van der Waals surface area contributed by atoms with E-state index in [0.717, 1.165) is 17.6 Å². The Bertz CT molecular complexity index is 648. The van der Waals surface area contributed by atoms with Gasteiger partial charge in [-0.25, -0.2) is 4.79 Å². The molecule has 0 saturated heterocycles. The van der Waals surface area contributed by atoms with Crippen molar-refractivity contribution in [2.24, 2.45) is 0 Å². The van der Waals surface area contributed by atoms with Gasteiger partial charge in [-0.2, -0.15) is 0 Å². The quantitative estimate of drug-likeness (QED) is 0.489. The summed E-state index contributed by atoms with van der Waals surface area (Å²) in [7, 11) is 4.24. The van der Waals surface area contributed by atoms with Gasteiger partial charge in [-0.3, -0.25) is 0 Å². The average Bonchev–Trinajstić information content (AvgIpc) is 2.52. The maximum absolute atomic E-state index is 11.2. The van der Waals surface area contributed by atoms with E-state index >= 15 is 0 Å². The summed E-state index contributed by atoms with van der Waals surface area (Å²) in [6, 6.07) is 8.82. The van der Waals surface area contributed by atoms with Gasteiger partial charge in [0.2, 0.25) is 0 Å². The van der Waals surface area contributed by atoms with E-state index in [0.29, 0.717) is 12.2 Å². The average molecular weight is 317 g/mol. The molecule has 1 heterocycles. The first-order valence-electron chi connectivity index (χ1n) is 8.46. The van der Waals surface area contributed by atoms with E-state index in [-0.39, 0.29) is 5.63 Å². The number of hydrogen-bond donors (Lipinski definition) is 0. The Balaban J connectivity index is 1.62. The zero-order valence-corrected chi connectivity index (χ0v) is 14.2. The van der Waals surface area contributed by atoms with Crippen LogP contribution in [0.2, 0.25) is 0 Å². The number of nitrogens with zero attached hydrogens (tertiary/aromatic N) is 1. The van der Waals surface area contributed by atoms with Crippen LogP contribution in [0.3, 0.4) is 0 Å². The Morgan fingerprint density at radius 2 is 1.65 bits per heavy atom. The second-order valence-corrected chi connectivity index (χ2v) is 6.23. The fourth-order valence-corrected chi connectivity index (χ4v) is 2.56. The Morgan fingerprint density at radius 1 is 0.957 bits per heavy atom. The van der Waals surface area contributed by atoms with Crippen LogP contribution >= 0.6 is 0 Å². The lowest BCUT2D eigenvalue weighted by atomic mass is 10.1. The third-order valence-electron chi connectivity index (χ3n) is 3.86. The monoisotopic (exact) mass is 317 g/mol. The first-order valence-corrected chi connectivity index (χ1v) is 8.46. The van der Waals surface area contributed by atoms with E-state index < -0.39 is 0 Å². The number of fused-ring (bicyclic) bond motifs is 1. The van der Waals surface area contributed by atoms with Gasteiger partial charge >= 0.3 is 5.63 Å². The van der Waals surface area contributed by atoms with Crippen LogP contribution in [0.1, 0.15) is 38.5 Å². The zero-order valence-electron chi connectivity index (χ0n) is 14.2. The van der Waals surface area contributed by atoms with Crippen LogP contribution < -0.4 is 10.4 Å². The van der Waals surface area contributed by atoms with E-state index in [1.807, 2.05) is 12.1 Å². The molecular weight excluding hydrogens is 290 g/mol. The highest BCUT2D eigenvalue weighted by atomic mass is 16.5. The van der Waals surface area contributed by atoms with Crippen molar-refractivity contribution in [2.45, 2.75) is 38.5 Å². The number of ether oxygens (including phenoxy) is 1. The molecule has 0 aliphatic carbocycles. The van der Waals surface area contributed by atoms with Crippen molar-refractivity contribution in [3.63, 3.8) is 0 Å². The molecule has 0 aliphatic rings. The maximum Gasteiger partial charge on any atom is 0.336 e. The molecule has 0 fully saturated rings. The molecule has 0 amide bonds. The minimum atomic E-state index is -0.330. The SMILES string of the molecule is CN(C)CCCCCCCCOc1ccc2ccc(=O)oc2c1. The van der Waals surface area contributed by atoms with Gasteiger partial charge in [-0.1, -0.05) is 25.7 Å². The summed E-state index contributed by atoms with van der Waals surface area (Å²) in [5, 5.41) is 0.912. The van der Waals surface area contributed by atoms with Gasteiger partial charge in [0.05, 0.1) is 6.61 Å². The summed E-state index contributed by atoms with van der Waals surface area (Å²) in [6.07, 6.45) is 7.42. The van der Waals surface area contributed by atoms with Crippen LogP contribution in [0.5, 0.6) is 5.75 Å². The van der Waals surface area contributed by atoms with Gasteiger partial charge in [-0.05, 0) is 51.7 Å². The second kappa shape index (κ2) is 9.36. The Labute approximate surface area is 138 Å². The predicted octanol–water partition coefficient (Wildman–Crippen LogP) is 4.07. The molecule has 0 atom stereocenters. The summed E-state index contributed by atoms with van der Waals surface area (Å²) in [5.41, 5.74) is 0.250. The molecule has 4 heteroatoms. The molecule has 0 N–H and O–H groups in total. The number of unbranched alkanes of at least 4 members (excludes halogenated alkanes) is 5. The molecule has 2 aromatic rings. The third kappa shape index (κ3) is 6.45. The summed E-state index contributed by atoms with van der Waals surface area (Å²) >= 11 is 0. The van der Waals surface area contributed by atoms with Crippen LogP contribution in [-0.2, 0) is 0 Å². The van der Waals surface area contributed by atoms with Crippen molar-refractivity contribution < 1.29 is 9.15 Å². The van der Waals surface area contributed by atoms with Gasteiger partial charge < -0.3 is 14.1 Å². The van der Waals surface area contributed by atoms with Crippen molar-refractivity contribution in [1.29, 1.82) is 0 Å².